The van der Waals surface area contributed by atoms with Crippen molar-refractivity contribution in [3.8, 4) is 0 Å². The van der Waals surface area contributed by atoms with Crippen LogP contribution in [0.4, 0.5) is 19.0 Å². The predicted octanol–water partition coefficient (Wildman–Crippen LogP) is 2.94. The zero-order valence-electron chi connectivity index (χ0n) is 9.59. The topological polar surface area (TPSA) is 50.2 Å². The van der Waals surface area contributed by atoms with Crippen molar-refractivity contribution in [1.82, 2.24) is 9.97 Å². The van der Waals surface area contributed by atoms with Crippen molar-refractivity contribution in [3.63, 3.8) is 0 Å². The summed E-state index contributed by atoms with van der Waals surface area (Å²) in [6.07, 6.45) is -0.585. The first-order valence-electron chi connectivity index (χ1n) is 5.29. The fourth-order valence-electron chi connectivity index (χ4n) is 1.24. The van der Waals surface area contributed by atoms with E-state index in [-0.39, 0.29) is 5.82 Å². The van der Waals surface area contributed by atoms with Gasteiger partial charge in [0.2, 0.25) is 0 Å². The summed E-state index contributed by atoms with van der Waals surface area (Å²) in [5.74, 6) is 0.222. The molecule has 1 N–H and O–H groups in total. The van der Waals surface area contributed by atoms with E-state index in [0.29, 0.717) is 5.69 Å². The van der Waals surface area contributed by atoms with Crippen molar-refractivity contribution in [2.24, 2.45) is 5.10 Å². The smallest absolute Gasteiger partial charge is 0.261 e. The van der Waals surface area contributed by atoms with Crippen molar-refractivity contribution in [1.29, 1.82) is 0 Å². The molecule has 2 rings (SSSR count). The number of hydrogen-bond acceptors (Lipinski definition) is 4. The summed E-state index contributed by atoms with van der Waals surface area (Å²) in [7, 11) is 0. The van der Waals surface area contributed by atoms with Gasteiger partial charge in [-0.2, -0.15) is 18.3 Å². The number of nitrogens with one attached hydrogen (secondary N) is 1. The van der Waals surface area contributed by atoms with Crippen LogP contribution in [0.1, 0.15) is 11.3 Å². The summed E-state index contributed by atoms with van der Waals surface area (Å²) in [6.45, 7) is 0. The number of rotatable bonds is 3. The first kappa shape index (κ1) is 13.0. The summed E-state index contributed by atoms with van der Waals surface area (Å²) < 4.78 is 36.9. The van der Waals surface area contributed by atoms with Crippen LogP contribution in [-0.4, -0.2) is 16.2 Å². The van der Waals surface area contributed by atoms with Crippen LogP contribution in [0.15, 0.2) is 47.8 Å². The van der Waals surface area contributed by atoms with E-state index < -0.39 is 11.7 Å². The zero-order chi connectivity index (χ0) is 13.7. The zero-order valence-corrected chi connectivity index (χ0v) is 9.59. The van der Waals surface area contributed by atoms with Crippen LogP contribution in [-0.2, 0) is 6.18 Å². The van der Waals surface area contributed by atoms with Crippen molar-refractivity contribution < 1.29 is 13.2 Å². The molecule has 0 fully saturated rings. The van der Waals surface area contributed by atoms with Crippen LogP contribution < -0.4 is 5.43 Å². The number of anilines is 1. The van der Waals surface area contributed by atoms with Crippen LogP contribution in [0.3, 0.4) is 0 Å². The molecule has 0 atom stereocenters. The molecule has 0 aliphatic rings. The minimum Gasteiger partial charge on any atom is -0.261 e. The van der Waals surface area contributed by atoms with Crippen LogP contribution in [0.25, 0.3) is 0 Å². The molecule has 4 nitrogen and oxygen atoms in total. The Morgan fingerprint density at radius 2 is 1.95 bits per heavy atom. The van der Waals surface area contributed by atoms with Gasteiger partial charge in [-0.05, 0) is 24.3 Å². The number of halogens is 3. The second-order valence-corrected chi connectivity index (χ2v) is 3.55. The van der Waals surface area contributed by atoms with E-state index in [9.17, 15) is 13.2 Å². The summed E-state index contributed by atoms with van der Waals surface area (Å²) in [6, 6.07) is 7.45. The fourth-order valence-corrected chi connectivity index (χ4v) is 1.24. The van der Waals surface area contributed by atoms with E-state index in [1.807, 2.05) is 0 Å². The molecule has 0 bridgehead atoms. The molecular formula is C12H9F3N4. The Hall–Kier alpha value is -2.44. The van der Waals surface area contributed by atoms with E-state index in [4.69, 9.17) is 0 Å². The standard InChI is InChI=1S/C12H9F3N4/c13-12(14,15)9-4-5-11(17-7-9)19-18-8-10-3-1-2-6-16-10/h1-8H,(H,17,19)/b18-8-. The van der Waals surface area contributed by atoms with Gasteiger partial charge < -0.3 is 0 Å². The molecule has 2 heterocycles. The van der Waals surface area contributed by atoms with E-state index in [0.717, 1.165) is 12.3 Å². The normalized spacial score (nSPS) is 11.7. The second-order valence-electron chi connectivity index (χ2n) is 3.55. The maximum Gasteiger partial charge on any atom is 0.417 e. The quantitative estimate of drug-likeness (QED) is 0.686. The van der Waals surface area contributed by atoms with Gasteiger partial charge in [0, 0.05) is 12.4 Å². The first-order valence-corrected chi connectivity index (χ1v) is 5.29. The lowest BCUT2D eigenvalue weighted by Gasteiger charge is -2.06. The molecule has 2 aromatic rings. The highest BCUT2D eigenvalue weighted by Gasteiger charge is 2.30. The number of alkyl halides is 3. The number of hydrazone groups is 1. The molecule has 0 aromatic carbocycles. The highest BCUT2D eigenvalue weighted by atomic mass is 19.4. The molecule has 0 aliphatic carbocycles. The third-order valence-electron chi connectivity index (χ3n) is 2.15. The molecule has 0 radical (unpaired) electrons. The van der Waals surface area contributed by atoms with Gasteiger partial charge in [0.15, 0.2) is 0 Å². The summed E-state index contributed by atoms with van der Waals surface area (Å²) in [4.78, 5) is 7.61. The molecule has 98 valence electrons. The van der Waals surface area contributed by atoms with E-state index in [1.165, 1.54) is 12.3 Å². The molecule has 0 unspecified atom stereocenters. The van der Waals surface area contributed by atoms with Crippen molar-refractivity contribution >= 4 is 12.0 Å². The summed E-state index contributed by atoms with van der Waals surface area (Å²) in [5.41, 5.74) is 2.35. The Bertz CT molecular complexity index is 549. The number of aromatic nitrogens is 2. The molecule has 0 amide bonds. The van der Waals surface area contributed by atoms with Gasteiger partial charge in [0.05, 0.1) is 17.5 Å². The molecule has 0 aliphatic heterocycles. The van der Waals surface area contributed by atoms with Gasteiger partial charge >= 0.3 is 6.18 Å². The van der Waals surface area contributed by atoms with Gasteiger partial charge in [-0.15, -0.1) is 0 Å². The molecule has 2 aromatic heterocycles. The van der Waals surface area contributed by atoms with Gasteiger partial charge in [-0.1, -0.05) is 6.07 Å². The minimum absolute atomic E-state index is 0.222. The molecule has 0 spiro atoms. The average Bonchev–Trinajstić information content (AvgIpc) is 2.39. The molecule has 0 saturated carbocycles. The Morgan fingerprint density at radius 1 is 1.11 bits per heavy atom. The van der Waals surface area contributed by atoms with Crippen molar-refractivity contribution in [3.05, 3.63) is 54.0 Å². The highest BCUT2D eigenvalue weighted by Crippen LogP contribution is 2.28. The largest absolute Gasteiger partial charge is 0.417 e. The Labute approximate surface area is 107 Å². The SMILES string of the molecule is FC(F)(F)c1ccc(N/N=C\c2ccccn2)nc1. The van der Waals surface area contributed by atoms with Crippen molar-refractivity contribution in [2.75, 3.05) is 5.43 Å². The van der Waals surface area contributed by atoms with Crippen molar-refractivity contribution in [2.45, 2.75) is 6.18 Å². The van der Waals surface area contributed by atoms with Crippen LogP contribution in [0.5, 0.6) is 0 Å². The van der Waals surface area contributed by atoms with Gasteiger partial charge in [-0.3, -0.25) is 10.4 Å². The monoisotopic (exact) mass is 266 g/mol. The predicted molar refractivity (Wildman–Crippen MR) is 64.7 cm³/mol. The van der Waals surface area contributed by atoms with Gasteiger partial charge in [0.25, 0.3) is 0 Å². The molecule has 19 heavy (non-hydrogen) atoms. The Kier molecular flexibility index (Phi) is 3.74. The van der Waals surface area contributed by atoms with Crippen LogP contribution in [0, 0.1) is 0 Å². The van der Waals surface area contributed by atoms with E-state index in [1.54, 1.807) is 24.4 Å². The first-order chi connectivity index (χ1) is 9.05. The maximum absolute atomic E-state index is 12.3. The summed E-state index contributed by atoms with van der Waals surface area (Å²) in [5, 5.41) is 3.82. The Morgan fingerprint density at radius 3 is 2.53 bits per heavy atom. The lowest BCUT2D eigenvalue weighted by molar-refractivity contribution is -0.137. The molecule has 7 heteroatoms. The van der Waals surface area contributed by atoms with Crippen LogP contribution >= 0.6 is 0 Å². The van der Waals surface area contributed by atoms with Crippen LogP contribution in [0.2, 0.25) is 0 Å². The second kappa shape index (κ2) is 5.47. The van der Waals surface area contributed by atoms with E-state index >= 15 is 0 Å². The number of pyridine rings is 2. The molecule has 0 saturated heterocycles. The number of nitrogens with zero attached hydrogens (tertiary/aromatic N) is 3. The van der Waals surface area contributed by atoms with Gasteiger partial charge in [0.1, 0.15) is 5.82 Å². The Balaban J connectivity index is 1.99. The fraction of sp³-hybridized carbons (Fsp3) is 0.0833. The number of hydrogen-bond donors (Lipinski definition) is 1. The van der Waals surface area contributed by atoms with Gasteiger partial charge in [-0.25, -0.2) is 4.98 Å². The average molecular weight is 266 g/mol. The third kappa shape index (κ3) is 3.77. The lowest BCUT2D eigenvalue weighted by atomic mass is 10.3. The molecular weight excluding hydrogens is 257 g/mol. The minimum atomic E-state index is -4.39. The third-order valence-corrected chi connectivity index (χ3v) is 2.15. The lowest BCUT2D eigenvalue weighted by Crippen LogP contribution is -2.05. The maximum atomic E-state index is 12.3. The highest BCUT2D eigenvalue weighted by molar-refractivity contribution is 5.77. The summed E-state index contributed by atoms with van der Waals surface area (Å²) >= 11 is 0. The van der Waals surface area contributed by atoms with E-state index in [2.05, 4.69) is 20.5 Å².